The third kappa shape index (κ3) is 1.27. The molecule has 64 valence electrons. The summed E-state index contributed by atoms with van der Waals surface area (Å²) in [6.45, 7) is 0. The van der Waals surface area contributed by atoms with Gasteiger partial charge in [-0.05, 0) is 18.1 Å². The Hall–Kier alpha value is -1.82. The number of hydrogen-bond donors (Lipinski definition) is 1. The van der Waals surface area contributed by atoms with Crippen molar-refractivity contribution in [1.29, 1.82) is 5.26 Å². The SMILES string of the molecule is N#CC1Cc2ccccc2NC1=O. The molecule has 0 bridgehead atoms. The van der Waals surface area contributed by atoms with Gasteiger partial charge < -0.3 is 5.32 Å². The van der Waals surface area contributed by atoms with Crippen LogP contribution in [-0.2, 0) is 11.2 Å². The molecule has 1 atom stereocenters. The van der Waals surface area contributed by atoms with Crippen molar-refractivity contribution in [2.45, 2.75) is 6.42 Å². The first-order valence-corrected chi connectivity index (χ1v) is 4.09. The summed E-state index contributed by atoms with van der Waals surface area (Å²) >= 11 is 0. The highest BCUT2D eigenvalue weighted by Crippen LogP contribution is 2.24. The second-order valence-corrected chi connectivity index (χ2v) is 3.03. The normalized spacial score (nSPS) is 19.9. The van der Waals surface area contributed by atoms with E-state index >= 15 is 0 Å². The molecule has 1 aromatic carbocycles. The van der Waals surface area contributed by atoms with E-state index < -0.39 is 5.92 Å². The van der Waals surface area contributed by atoms with Gasteiger partial charge in [-0.15, -0.1) is 0 Å². The molecule has 3 heteroatoms. The first kappa shape index (κ1) is 7.81. The summed E-state index contributed by atoms with van der Waals surface area (Å²) in [7, 11) is 0. The van der Waals surface area contributed by atoms with Crippen molar-refractivity contribution in [3.63, 3.8) is 0 Å². The van der Waals surface area contributed by atoms with Gasteiger partial charge in [-0.3, -0.25) is 4.79 Å². The van der Waals surface area contributed by atoms with Crippen LogP contribution >= 0.6 is 0 Å². The van der Waals surface area contributed by atoms with Crippen LogP contribution in [0.1, 0.15) is 5.56 Å². The van der Waals surface area contributed by atoms with Gasteiger partial charge in [0.2, 0.25) is 5.91 Å². The van der Waals surface area contributed by atoms with Gasteiger partial charge in [0, 0.05) is 5.69 Å². The summed E-state index contributed by atoms with van der Waals surface area (Å²) in [6.07, 6.45) is 0.526. The van der Waals surface area contributed by atoms with E-state index in [9.17, 15) is 4.79 Å². The van der Waals surface area contributed by atoms with Crippen LogP contribution in [0.25, 0.3) is 0 Å². The molecule has 0 aromatic heterocycles. The Kier molecular flexibility index (Phi) is 1.75. The smallest absolute Gasteiger partial charge is 0.242 e. The van der Waals surface area contributed by atoms with E-state index in [-0.39, 0.29) is 5.91 Å². The van der Waals surface area contributed by atoms with Gasteiger partial charge in [-0.1, -0.05) is 18.2 Å². The Morgan fingerprint density at radius 3 is 3.00 bits per heavy atom. The van der Waals surface area contributed by atoms with Crippen LogP contribution in [0, 0.1) is 17.2 Å². The molecule has 1 aromatic rings. The van der Waals surface area contributed by atoms with Crippen LogP contribution < -0.4 is 5.32 Å². The third-order valence-electron chi connectivity index (χ3n) is 2.17. The van der Waals surface area contributed by atoms with E-state index in [0.29, 0.717) is 6.42 Å². The van der Waals surface area contributed by atoms with E-state index in [1.807, 2.05) is 30.3 Å². The van der Waals surface area contributed by atoms with Crippen molar-refractivity contribution in [3.05, 3.63) is 29.8 Å². The molecule has 0 radical (unpaired) electrons. The zero-order valence-electron chi connectivity index (χ0n) is 6.95. The number of rotatable bonds is 0. The summed E-state index contributed by atoms with van der Waals surface area (Å²) in [6, 6.07) is 9.53. The minimum Gasteiger partial charge on any atom is -0.325 e. The Bertz CT molecular complexity index is 392. The van der Waals surface area contributed by atoms with Crippen molar-refractivity contribution in [1.82, 2.24) is 0 Å². The number of carbonyl (C=O) groups is 1. The highest BCUT2D eigenvalue weighted by atomic mass is 16.1. The lowest BCUT2D eigenvalue weighted by molar-refractivity contribution is -0.118. The summed E-state index contributed by atoms with van der Waals surface area (Å²) < 4.78 is 0. The van der Waals surface area contributed by atoms with E-state index in [0.717, 1.165) is 11.3 Å². The van der Waals surface area contributed by atoms with E-state index in [4.69, 9.17) is 5.26 Å². The summed E-state index contributed by atoms with van der Waals surface area (Å²) in [4.78, 5) is 11.3. The minimum absolute atomic E-state index is 0.193. The molecule has 0 saturated heterocycles. The summed E-state index contributed by atoms with van der Waals surface area (Å²) in [5.74, 6) is -0.726. The van der Waals surface area contributed by atoms with Gasteiger partial charge in [-0.25, -0.2) is 0 Å². The molecule has 1 heterocycles. The predicted molar refractivity (Wildman–Crippen MR) is 47.9 cm³/mol. The molecule has 0 saturated carbocycles. The van der Waals surface area contributed by atoms with E-state index in [1.165, 1.54) is 0 Å². The van der Waals surface area contributed by atoms with Gasteiger partial charge in [0.05, 0.1) is 6.07 Å². The molecule has 2 rings (SSSR count). The molecule has 0 spiro atoms. The Labute approximate surface area is 76.0 Å². The number of carbonyl (C=O) groups excluding carboxylic acids is 1. The molecular formula is C10H8N2O. The second-order valence-electron chi connectivity index (χ2n) is 3.03. The van der Waals surface area contributed by atoms with Crippen molar-refractivity contribution in [2.24, 2.45) is 5.92 Å². The van der Waals surface area contributed by atoms with Crippen molar-refractivity contribution in [3.8, 4) is 6.07 Å². The Morgan fingerprint density at radius 1 is 1.46 bits per heavy atom. The maximum absolute atomic E-state index is 11.3. The van der Waals surface area contributed by atoms with Crippen LogP contribution in [0.3, 0.4) is 0 Å². The first-order chi connectivity index (χ1) is 6.31. The zero-order chi connectivity index (χ0) is 9.26. The summed E-state index contributed by atoms with van der Waals surface area (Å²) in [5.41, 5.74) is 1.87. The number of para-hydroxylation sites is 1. The molecule has 1 amide bonds. The van der Waals surface area contributed by atoms with Crippen LogP contribution in [0.5, 0.6) is 0 Å². The minimum atomic E-state index is -0.533. The van der Waals surface area contributed by atoms with E-state index in [2.05, 4.69) is 5.32 Å². The quantitative estimate of drug-likeness (QED) is 0.641. The molecule has 1 aliphatic rings. The number of nitriles is 1. The van der Waals surface area contributed by atoms with Crippen molar-refractivity contribution in [2.75, 3.05) is 5.32 Å². The maximum Gasteiger partial charge on any atom is 0.242 e. The molecule has 0 fully saturated rings. The van der Waals surface area contributed by atoms with Crippen LogP contribution in [0.15, 0.2) is 24.3 Å². The fraction of sp³-hybridized carbons (Fsp3) is 0.200. The average Bonchev–Trinajstić information content (AvgIpc) is 2.17. The number of anilines is 1. The van der Waals surface area contributed by atoms with Crippen molar-refractivity contribution < 1.29 is 4.79 Å². The largest absolute Gasteiger partial charge is 0.325 e. The predicted octanol–water partition coefficient (Wildman–Crippen LogP) is 1.32. The molecular weight excluding hydrogens is 164 g/mol. The second kappa shape index (κ2) is 2.91. The molecule has 3 nitrogen and oxygen atoms in total. The van der Waals surface area contributed by atoms with Crippen LogP contribution in [0.2, 0.25) is 0 Å². The Morgan fingerprint density at radius 2 is 2.23 bits per heavy atom. The van der Waals surface area contributed by atoms with Gasteiger partial charge in [-0.2, -0.15) is 5.26 Å². The highest BCUT2D eigenvalue weighted by Gasteiger charge is 2.24. The van der Waals surface area contributed by atoms with Crippen LogP contribution in [-0.4, -0.2) is 5.91 Å². The first-order valence-electron chi connectivity index (χ1n) is 4.09. The fourth-order valence-electron chi connectivity index (χ4n) is 1.46. The zero-order valence-corrected chi connectivity index (χ0v) is 6.95. The average molecular weight is 172 g/mol. The van der Waals surface area contributed by atoms with Crippen molar-refractivity contribution >= 4 is 11.6 Å². The monoisotopic (exact) mass is 172 g/mol. The lowest BCUT2D eigenvalue weighted by atomic mass is 9.94. The lowest BCUT2D eigenvalue weighted by Gasteiger charge is -2.19. The highest BCUT2D eigenvalue weighted by molar-refractivity contribution is 5.97. The molecule has 1 N–H and O–H groups in total. The van der Waals surface area contributed by atoms with Gasteiger partial charge in [0.15, 0.2) is 0 Å². The molecule has 0 aliphatic carbocycles. The topological polar surface area (TPSA) is 52.9 Å². The standard InChI is InChI=1S/C10H8N2O/c11-6-8-5-7-3-1-2-4-9(7)12-10(8)13/h1-4,8H,5H2,(H,12,13). The number of nitrogens with zero attached hydrogens (tertiary/aromatic N) is 1. The maximum atomic E-state index is 11.3. The number of hydrogen-bond acceptors (Lipinski definition) is 2. The fourth-order valence-corrected chi connectivity index (χ4v) is 1.46. The molecule has 13 heavy (non-hydrogen) atoms. The molecule has 1 aliphatic heterocycles. The molecule has 1 unspecified atom stereocenters. The number of nitrogens with one attached hydrogen (secondary N) is 1. The summed E-state index contributed by atoms with van der Waals surface area (Å²) in [5, 5.41) is 11.4. The van der Waals surface area contributed by atoms with Gasteiger partial charge in [0.25, 0.3) is 0 Å². The number of benzene rings is 1. The van der Waals surface area contributed by atoms with Crippen LogP contribution in [0.4, 0.5) is 5.69 Å². The Balaban J connectivity index is 2.39. The third-order valence-corrected chi connectivity index (χ3v) is 2.17. The number of amides is 1. The lowest BCUT2D eigenvalue weighted by Crippen LogP contribution is -2.28. The number of fused-ring (bicyclic) bond motifs is 1. The van der Waals surface area contributed by atoms with Gasteiger partial charge in [0.1, 0.15) is 5.92 Å². The van der Waals surface area contributed by atoms with Gasteiger partial charge >= 0.3 is 0 Å². The van der Waals surface area contributed by atoms with E-state index in [1.54, 1.807) is 0 Å².